The quantitative estimate of drug-likeness (QED) is 0.465. The molecule has 0 fully saturated rings. The SMILES string of the molecule is CN(C)C(CNC(=O)NCCc1cn(Cc2ccccc2)nn1)Cc1ccc(O)cc1. The van der Waals surface area contributed by atoms with Crippen LogP contribution in [0.4, 0.5) is 4.79 Å². The molecule has 0 aliphatic carbocycles. The molecule has 0 saturated heterocycles. The van der Waals surface area contributed by atoms with Gasteiger partial charge in [-0.3, -0.25) is 0 Å². The van der Waals surface area contributed by atoms with Crippen molar-refractivity contribution >= 4 is 6.03 Å². The van der Waals surface area contributed by atoms with Crippen LogP contribution in [0.3, 0.4) is 0 Å². The molecule has 2 aromatic carbocycles. The Morgan fingerprint density at radius 3 is 2.52 bits per heavy atom. The second kappa shape index (κ2) is 11.1. The van der Waals surface area contributed by atoms with E-state index in [-0.39, 0.29) is 17.8 Å². The second-order valence-corrected chi connectivity index (χ2v) is 7.77. The van der Waals surface area contributed by atoms with E-state index in [0.717, 1.165) is 17.7 Å². The average Bonchev–Trinajstić information content (AvgIpc) is 3.20. The summed E-state index contributed by atoms with van der Waals surface area (Å²) in [5.41, 5.74) is 3.12. The number of aromatic nitrogens is 3. The van der Waals surface area contributed by atoms with Gasteiger partial charge in [0, 0.05) is 31.7 Å². The molecule has 0 bridgehead atoms. The van der Waals surface area contributed by atoms with Gasteiger partial charge in [0.05, 0.1) is 12.2 Å². The van der Waals surface area contributed by atoms with Gasteiger partial charge in [-0.1, -0.05) is 47.7 Å². The van der Waals surface area contributed by atoms with Crippen LogP contribution in [0.2, 0.25) is 0 Å². The number of urea groups is 1. The summed E-state index contributed by atoms with van der Waals surface area (Å²) in [6.45, 7) is 1.68. The number of phenolic OH excluding ortho intramolecular Hbond substituents is 1. The third-order valence-corrected chi connectivity index (χ3v) is 5.08. The van der Waals surface area contributed by atoms with Crippen molar-refractivity contribution in [2.24, 2.45) is 0 Å². The van der Waals surface area contributed by atoms with E-state index in [9.17, 15) is 9.90 Å². The zero-order valence-electron chi connectivity index (χ0n) is 18.0. The average molecular weight is 423 g/mol. The number of hydrogen-bond donors (Lipinski definition) is 3. The molecule has 8 nitrogen and oxygen atoms in total. The summed E-state index contributed by atoms with van der Waals surface area (Å²) in [4.78, 5) is 14.3. The first kappa shape index (κ1) is 22.3. The molecule has 1 atom stereocenters. The number of carbonyl (C=O) groups excluding carboxylic acids is 1. The standard InChI is InChI=1S/C23H30N6O2/c1-28(2)21(14-18-8-10-22(30)11-9-18)15-25-23(31)24-13-12-20-17-29(27-26-20)16-19-6-4-3-5-7-19/h3-11,17,21,30H,12-16H2,1-2H3,(H2,24,25,31). The predicted octanol–water partition coefficient (Wildman–Crippen LogP) is 2.05. The highest BCUT2D eigenvalue weighted by Crippen LogP contribution is 2.12. The molecule has 8 heteroatoms. The van der Waals surface area contributed by atoms with Gasteiger partial charge in [0.25, 0.3) is 0 Å². The first-order chi connectivity index (χ1) is 15.0. The number of benzene rings is 2. The third-order valence-electron chi connectivity index (χ3n) is 5.08. The van der Waals surface area contributed by atoms with Crippen molar-refractivity contribution in [1.29, 1.82) is 0 Å². The van der Waals surface area contributed by atoms with Crippen LogP contribution in [0.5, 0.6) is 5.75 Å². The number of likely N-dealkylation sites (N-methyl/N-ethyl adjacent to an activating group) is 1. The summed E-state index contributed by atoms with van der Waals surface area (Å²) in [7, 11) is 3.98. The number of nitrogens with one attached hydrogen (secondary N) is 2. The van der Waals surface area contributed by atoms with Crippen molar-refractivity contribution in [2.45, 2.75) is 25.4 Å². The third kappa shape index (κ3) is 7.42. The molecule has 1 unspecified atom stereocenters. The zero-order chi connectivity index (χ0) is 22.1. The molecule has 3 rings (SSSR count). The lowest BCUT2D eigenvalue weighted by atomic mass is 10.1. The number of carbonyl (C=O) groups is 1. The summed E-state index contributed by atoms with van der Waals surface area (Å²) in [6.07, 6.45) is 3.30. The van der Waals surface area contributed by atoms with Gasteiger partial charge in [-0.2, -0.15) is 0 Å². The zero-order valence-corrected chi connectivity index (χ0v) is 18.0. The van der Waals surface area contributed by atoms with Crippen LogP contribution in [0.1, 0.15) is 16.8 Å². The van der Waals surface area contributed by atoms with Crippen LogP contribution in [-0.4, -0.2) is 64.3 Å². The molecule has 0 aliphatic heterocycles. The number of aromatic hydroxyl groups is 1. The molecule has 3 aromatic rings. The van der Waals surface area contributed by atoms with Gasteiger partial charge in [-0.15, -0.1) is 5.10 Å². The molecule has 2 amide bonds. The second-order valence-electron chi connectivity index (χ2n) is 7.77. The smallest absolute Gasteiger partial charge is 0.314 e. The summed E-state index contributed by atoms with van der Waals surface area (Å²) in [5.74, 6) is 0.253. The topological polar surface area (TPSA) is 95.3 Å². The van der Waals surface area contributed by atoms with E-state index in [1.54, 1.807) is 16.8 Å². The van der Waals surface area contributed by atoms with Crippen molar-refractivity contribution in [3.05, 3.63) is 77.6 Å². The molecule has 31 heavy (non-hydrogen) atoms. The van der Waals surface area contributed by atoms with Crippen molar-refractivity contribution in [3.63, 3.8) is 0 Å². The lowest BCUT2D eigenvalue weighted by Gasteiger charge is -2.25. The fraction of sp³-hybridized carbons (Fsp3) is 0.348. The van der Waals surface area contributed by atoms with E-state index >= 15 is 0 Å². The Hall–Kier alpha value is -3.39. The van der Waals surface area contributed by atoms with E-state index in [1.807, 2.05) is 50.6 Å². The fourth-order valence-corrected chi connectivity index (χ4v) is 3.22. The minimum atomic E-state index is -0.200. The van der Waals surface area contributed by atoms with Crippen molar-refractivity contribution in [3.8, 4) is 5.75 Å². The number of nitrogens with zero attached hydrogens (tertiary/aromatic N) is 4. The molecule has 0 spiro atoms. The number of amides is 2. The summed E-state index contributed by atoms with van der Waals surface area (Å²) in [6, 6.07) is 17.2. The van der Waals surface area contributed by atoms with E-state index in [2.05, 4.69) is 38.0 Å². The molecular formula is C23H30N6O2. The van der Waals surface area contributed by atoms with Crippen molar-refractivity contribution in [2.75, 3.05) is 27.2 Å². The van der Waals surface area contributed by atoms with E-state index in [0.29, 0.717) is 26.1 Å². The Morgan fingerprint density at radius 1 is 1.06 bits per heavy atom. The van der Waals surface area contributed by atoms with Crippen LogP contribution < -0.4 is 10.6 Å². The monoisotopic (exact) mass is 422 g/mol. The highest BCUT2D eigenvalue weighted by atomic mass is 16.3. The molecule has 0 aliphatic rings. The van der Waals surface area contributed by atoms with Crippen LogP contribution in [-0.2, 0) is 19.4 Å². The number of phenols is 1. The normalized spacial score (nSPS) is 12.0. The van der Waals surface area contributed by atoms with Gasteiger partial charge in [0.2, 0.25) is 0 Å². The van der Waals surface area contributed by atoms with Crippen LogP contribution in [0.25, 0.3) is 0 Å². The maximum Gasteiger partial charge on any atom is 0.314 e. The van der Waals surface area contributed by atoms with Gasteiger partial charge in [-0.05, 0) is 43.8 Å². The fourth-order valence-electron chi connectivity index (χ4n) is 3.22. The summed E-state index contributed by atoms with van der Waals surface area (Å²) < 4.78 is 1.80. The van der Waals surface area contributed by atoms with Gasteiger partial charge in [0.15, 0.2) is 0 Å². The van der Waals surface area contributed by atoms with Crippen LogP contribution in [0.15, 0.2) is 60.8 Å². The Kier molecular flexibility index (Phi) is 8.00. The molecule has 0 radical (unpaired) electrons. The van der Waals surface area contributed by atoms with Gasteiger partial charge >= 0.3 is 6.03 Å². The lowest BCUT2D eigenvalue weighted by molar-refractivity contribution is 0.232. The Morgan fingerprint density at radius 2 is 1.81 bits per heavy atom. The highest BCUT2D eigenvalue weighted by Gasteiger charge is 2.14. The van der Waals surface area contributed by atoms with Crippen molar-refractivity contribution in [1.82, 2.24) is 30.5 Å². The molecule has 1 aromatic heterocycles. The minimum absolute atomic E-state index is 0.146. The first-order valence-corrected chi connectivity index (χ1v) is 10.4. The van der Waals surface area contributed by atoms with Crippen LogP contribution in [0, 0.1) is 0 Å². The Bertz CT molecular complexity index is 940. The minimum Gasteiger partial charge on any atom is -0.508 e. The predicted molar refractivity (Wildman–Crippen MR) is 120 cm³/mol. The molecule has 3 N–H and O–H groups in total. The van der Waals surface area contributed by atoms with E-state index in [1.165, 1.54) is 5.56 Å². The number of rotatable bonds is 10. The Labute approximate surface area is 182 Å². The van der Waals surface area contributed by atoms with Gasteiger partial charge in [-0.25, -0.2) is 9.48 Å². The van der Waals surface area contributed by atoms with E-state index < -0.39 is 0 Å². The van der Waals surface area contributed by atoms with Crippen molar-refractivity contribution < 1.29 is 9.90 Å². The summed E-state index contributed by atoms with van der Waals surface area (Å²) >= 11 is 0. The highest BCUT2D eigenvalue weighted by molar-refractivity contribution is 5.73. The molecule has 0 saturated carbocycles. The van der Waals surface area contributed by atoms with Crippen LogP contribution >= 0.6 is 0 Å². The Balaban J connectivity index is 1.38. The van der Waals surface area contributed by atoms with E-state index in [4.69, 9.17) is 0 Å². The first-order valence-electron chi connectivity index (χ1n) is 10.4. The molecule has 164 valence electrons. The summed E-state index contributed by atoms with van der Waals surface area (Å²) in [5, 5.41) is 23.6. The maximum absolute atomic E-state index is 12.2. The molecular weight excluding hydrogens is 392 g/mol. The number of hydrogen-bond acceptors (Lipinski definition) is 5. The molecule has 1 heterocycles. The largest absolute Gasteiger partial charge is 0.508 e. The van der Waals surface area contributed by atoms with Gasteiger partial charge < -0.3 is 20.6 Å². The lowest BCUT2D eigenvalue weighted by Crippen LogP contribution is -2.45. The maximum atomic E-state index is 12.2. The van der Waals surface area contributed by atoms with Gasteiger partial charge in [0.1, 0.15) is 5.75 Å².